The number of nitrogens with two attached hydrogens (primary N) is 1. The van der Waals surface area contributed by atoms with Gasteiger partial charge in [0.15, 0.2) is 0 Å². The van der Waals surface area contributed by atoms with Crippen molar-refractivity contribution >= 4 is 5.91 Å². The molecule has 1 heterocycles. The number of carbonyl (C=O) groups excluding carboxylic acids is 1. The summed E-state index contributed by atoms with van der Waals surface area (Å²) in [6.45, 7) is 4.19. The van der Waals surface area contributed by atoms with Gasteiger partial charge in [-0.15, -0.1) is 0 Å². The van der Waals surface area contributed by atoms with Gasteiger partial charge < -0.3 is 16.0 Å². The topological polar surface area (TPSA) is 58.4 Å². The lowest BCUT2D eigenvalue weighted by Crippen LogP contribution is -2.35. The third kappa shape index (κ3) is 4.33. The molecule has 1 saturated heterocycles. The van der Waals surface area contributed by atoms with E-state index in [9.17, 15) is 4.79 Å². The molecule has 104 valence electrons. The molecule has 1 aromatic rings. The van der Waals surface area contributed by atoms with E-state index >= 15 is 0 Å². The number of hydrogen-bond donors (Lipinski definition) is 2. The molecule has 0 radical (unpaired) electrons. The molecule has 1 aromatic carbocycles. The first-order chi connectivity index (χ1) is 9.27. The SMILES string of the molecule is N[C@H](C(=O)NCCCN1CCCC1)c1ccccc1. The Balaban J connectivity index is 1.66. The van der Waals surface area contributed by atoms with Crippen LogP contribution in [-0.2, 0) is 4.79 Å². The first-order valence-electron chi connectivity index (χ1n) is 7.08. The van der Waals surface area contributed by atoms with Crippen LogP contribution in [0.2, 0.25) is 0 Å². The van der Waals surface area contributed by atoms with Gasteiger partial charge in [-0.3, -0.25) is 4.79 Å². The van der Waals surface area contributed by atoms with E-state index in [-0.39, 0.29) is 5.91 Å². The number of nitrogens with zero attached hydrogens (tertiary/aromatic N) is 1. The summed E-state index contributed by atoms with van der Waals surface area (Å²) in [4.78, 5) is 14.3. The molecular formula is C15H23N3O. The maximum atomic E-state index is 11.9. The van der Waals surface area contributed by atoms with Gasteiger partial charge in [0.05, 0.1) is 0 Å². The highest BCUT2D eigenvalue weighted by atomic mass is 16.2. The molecule has 1 fully saturated rings. The van der Waals surface area contributed by atoms with Crippen molar-refractivity contribution in [2.45, 2.75) is 25.3 Å². The molecule has 0 aromatic heterocycles. The molecule has 1 aliphatic heterocycles. The molecule has 19 heavy (non-hydrogen) atoms. The molecule has 0 spiro atoms. The Morgan fingerprint density at radius 2 is 1.95 bits per heavy atom. The van der Waals surface area contributed by atoms with E-state index in [2.05, 4.69) is 10.2 Å². The lowest BCUT2D eigenvalue weighted by Gasteiger charge is -2.16. The van der Waals surface area contributed by atoms with Gasteiger partial charge in [0.2, 0.25) is 5.91 Å². The number of carbonyl (C=O) groups is 1. The van der Waals surface area contributed by atoms with Crippen LogP contribution in [0.15, 0.2) is 30.3 Å². The molecule has 3 N–H and O–H groups in total. The molecule has 0 unspecified atom stereocenters. The van der Waals surface area contributed by atoms with E-state index < -0.39 is 6.04 Å². The van der Waals surface area contributed by atoms with E-state index in [1.54, 1.807) is 0 Å². The summed E-state index contributed by atoms with van der Waals surface area (Å²) >= 11 is 0. The van der Waals surface area contributed by atoms with Crippen LogP contribution >= 0.6 is 0 Å². The average Bonchev–Trinajstić information content (AvgIpc) is 2.96. The number of likely N-dealkylation sites (tertiary alicyclic amines) is 1. The minimum Gasteiger partial charge on any atom is -0.354 e. The second-order valence-corrected chi connectivity index (χ2v) is 5.08. The van der Waals surface area contributed by atoms with Gasteiger partial charge in [-0.2, -0.15) is 0 Å². The Labute approximate surface area is 115 Å². The van der Waals surface area contributed by atoms with E-state index in [0.29, 0.717) is 6.54 Å². The second-order valence-electron chi connectivity index (χ2n) is 5.08. The minimum atomic E-state index is -0.562. The van der Waals surface area contributed by atoms with Crippen molar-refractivity contribution in [3.8, 4) is 0 Å². The Bertz CT molecular complexity index is 388. The van der Waals surface area contributed by atoms with E-state index in [1.165, 1.54) is 25.9 Å². The Morgan fingerprint density at radius 1 is 1.26 bits per heavy atom. The van der Waals surface area contributed by atoms with Crippen LogP contribution in [0.1, 0.15) is 30.9 Å². The summed E-state index contributed by atoms with van der Waals surface area (Å²) < 4.78 is 0. The van der Waals surface area contributed by atoms with E-state index in [1.807, 2.05) is 30.3 Å². The Kier molecular flexibility index (Phi) is 5.36. The standard InChI is InChI=1S/C15H23N3O/c16-14(13-7-2-1-3-8-13)15(19)17-9-6-12-18-10-4-5-11-18/h1-3,7-8,14H,4-6,9-12,16H2,(H,17,19)/t14-/m0/s1. The van der Waals surface area contributed by atoms with Crippen molar-refractivity contribution in [1.82, 2.24) is 10.2 Å². The fourth-order valence-corrected chi connectivity index (χ4v) is 2.44. The van der Waals surface area contributed by atoms with Crippen LogP contribution in [0.3, 0.4) is 0 Å². The largest absolute Gasteiger partial charge is 0.354 e. The minimum absolute atomic E-state index is 0.0902. The van der Waals surface area contributed by atoms with Gasteiger partial charge in [0, 0.05) is 6.54 Å². The monoisotopic (exact) mass is 261 g/mol. The molecule has 1 amide bonds. The third-order valence-electron chi connectivity index (χ3n) is 3.59. The summed E-state index contributed by atoms with van der Waals surface area (Å²) in [7, 11) is 0. The predicted molar refractivity (Wildman–Crippen MR) is 76.7 cm³/mol. The number of rotatable bonds is 6. The smallest absolute Gasteiger partial charge is 0.241 e. The zero-order valence-electron chi connectivity index (χ0n) is 11.3. The Morgan fingerprint density at radius 3 is 2.63 bits per heavy atom. The molecule has 0 bridgehead atoms. The quantitative estimate of drug-likeness (QED) is 0.759. The van der Waals surface area contributed by atoms with Crippen molar-refractivity contribution in [3.05, 3.63) is 35.9 Å². The zero-order valence-corrected chi connectivity index (χ0v) is 11.3. The van der Waals surface area contributed by atoms with Gasteiger partial charge >= 0.3 is 0 Å². The highest BCUT2D eigenvalue weighted by molar-refractivity contribution is 5.82. The molecule has 1 aliphatic rings. The van der Waals surface area contributed by atoms with Crippen molar-refractivity contribution in [1.29, 1.82) is 0 Å². The number of hydrogen-bond acceptors (Lipinski definition) is 3. The van der Waals surface area contributed by atoms with Crippen molar-refractivity contribution in [2.24, 2.45) is 5.73 Å². The molecule has 4 heteroatoms. The highest BCUT2D eigenvalue weighted by Crippen LogP contribution is 2.09. The van der Waals surface area contributed by atoms with E-state index in [4.69, 9.17) is 5.73 Å². The molecule has 4 nitrogen and oxygen atoms in total. The summed E-state index contributed by atoms with van der Waals surface area (Å²) in [5.74, 6) is -0.0902. The maximum absolute atomic E-state index is 11.9. The fourth-order valence-electron chi connectivity index (χ4n) is 2.44. The number of amides is 1. The average molecular weight is 261 g/mol. The van der Waals surface area contributed by atoms with Gasteiger partial charge in [-0.1, -0.05) is 30.3 Å². The second kappa shape index (κ2) is 7.26. The summed E-state index contributed by atoms with van der Waals surface area (Å²) in [6.07, 6.45) is 3.61. The van der Waals surface area contributed by atoms with Gasteiger partial charge in [0.1, 0.15) is 6.04 Å². The Hall–Kier alpha value is -1.39. The first-order valence-corrected chi connectivity index (χ1v) is 7.08. The normalized spacial score (nSPS) is 17.3. The molecule has 0 saturated carbocycles. The van der Waals surface area contributed by atoms with Gasteiger partial charge in [-0.05, 0) is 44.5 Å². The summed E-state index contributed by atoms with van der Waals surface area (Å²) in [5, 5.41) is 2.91. The summed E-state index contributed by atoms with van der Waals surface area (Å²) in [5.41, 5.74) is 6.78. The van der Waals surface area contributed by atoms with Gasteiger partial charge in [0.25, 0.3) is 0 Å². The van der Waals surface area contributed by atoms with E-state index in [0.717, 1.165) is 18.5 Å². The van der Waals surface area contributed by atoms with Crippen LogP contribution in [0, 0.1) is 0 Å². The number of nitrogens with one attached hydrogen (secondary N) is 1. The maximum Gasteiger partial charge on any atom is 0.241 e. The van der Waals surface area contributed by atoms with Crippen LogP contribution in [0.5, 0.6) is 0 Å². The zero-order chi connectivity index (χ0) is 13.5. The van der Waals surface area contributed by atoms with Crippen LogP contribution in [0.25, 0.3) is 0 Å². The molecular weight excluding hydrogens is 238 g/mol. The van der Waals surface area contributed by atoms with Crippen LogP contribution < -0.4 is 11.1 Å². The predicted octanol–water partition coefficient (Wildman–Crippen LogP) is 1.29. The number of benzene rings is 1. The van der Waals surface area contributed by atoms with Crippen molar-refractivity contribution < 1.29 is 4.79 Å². The van der Waals surface area contributed by atoms with Crippen LogP contribution in [-0.4, -0.2) is 37.0 Å². The van der Waals surface area contributed by atoms with Gasteiger partial charge in [-0.25, -0.2) is 0 Å². The third-order valence-corrected chi connectivity index (χ3v) is 3.59. The molecule has 2 rings (SSSR count). The van der Waals surface area contributed by atoms with Crippen LogP contribution in [0.4, 0.5) is 0 Å². The highest BCUT2D eigenvalue weighted by Gasteiger charge is 2.15. The fraction of sp³-hybridized carbons (Fsp3) is 0.533. The van der Waals surface area contributed by atoms with Crippen molar-refractivity contribution in [3.63, 3.8) is 0 Å². The lowest BCUT2D eigenvalue weighted by atomic mass is 10.1. The summed E-state index contributed by atoms with van der Waals surface area (Å²) in [6, 6.07) is 8.92. The first kappa shape index (κ1) is 14.0. The van der Waals surface area contributed by atoms with Crippen molar-refractivity contribution in [2.75, 3.05) is 26.2 Å². The molecule has 1 atom stereocenters. The lowest BCUT2D eigenvalue weighted by molar-refractivity contribution is -0.122. The molecule has 0 aliphatic carbocycles.